The molecule has 8 nitrogen and oxygen atoms in total. The van der Waals surface area contributed by atoms with Gasteiger partial charge in [-0.25, -0.2) is 4.98 Å². The molecule has 2 saturated heterocycles. The molecule has 2 aliphatic rings. The van der Waals surface area contributed by atoms with Crippen LogP contribution in [-0.2, 0) is 9.59 Å². The van der Waals surface area contributed by atoms with Gasteiger partial charge < -0.3 is 19.6 Å². The van der Waals surface area contributed by atoms with Crippen molar-refractivity contribution in [2.45, 2.75) is 46.5 Å². The Hall–Kier alpha value is -2.38. The Bertz CT molecular complexity index is 725. The lowest BCUT2D eigenvalue weighted by atomic mass is 10.3. The molecule has 3 rings (SSSR count). The number of hydrogen-bond donors (Lipinski definition) is 0. The number of aryl methyl sites for hydroxylation is 1. The van der Waals surface area contributed by atoms with Gasteiger partial charge in [0.25, 0.3) is 0 Å². The van der Waals surface area contributed by atoms with Crippen molar-refractivity contribution < 1.29 is 9.59 Å². The third kappa shape index (κ3) is 5.16. The number of aromatic nitrogens is 2. The highest BCUT2D eigenvalue weighted by atomic mass is 16.2. The molecule has 0 spiro atoms. The van der Waals surface area contributed by atoms with E-state index in [2.05, 4.69) is 14.8 Å². The predicted molar refractivity (Wildman–Crippen MR) is 114 cm³/mol. The lowest BCUT2D eigenvalue weighted by Gasteiger charge is -2.26. The highest BCUT2D eigenvalue weighted by Crippen LogP contribution is 2.22. The van der Waals surface area contributed by atoms with Gasteiger partial charge in [-0.1, -0.05) is 13.8 Å². The molecule has 0 radical (unpaired) electrons. The molecule has 1 aromatic rings. The van der Waals surface area contributed by atoms with E-state index in [1.54, 1.807) is 0 Å². The molecule has 2 fully saturated rings. The van der Waals surface area contributed by atoms with Crippen LogP contribution in [0.15, 0.2) is 6.20 Å². The minimum atomic E-state index is 0.216. The van der Waals surface area contributed by atoms with E-state index in [-0.39, 0.29) is 11.8 Å². The molecule has 0 atom stereocenters. The van der Waals surface area contributed by atoms with Crippen molar-refractivity contribution in [3.63, 3.8) is 0 Å². The van der Waals surface area contributed by atoms with Crippen LogP contribution in [0.1, 0.15) is 45.1 Å². The highest BCUT2D eigenvalue weighted by Gasteiger charge is 2.23. The fraction of sp³-hybridized carbons (Fsp3) is 0.714. The number of carbonyl (C=O) groups excluding carboxylic acids is 2. The summed E-state index contributed by atoms with van der Waals surface area (Å²) in [5, 5.41) is 0. The smallest absolute Gasteiger partial charge is 0.227 e. The Labute approximate surface area is 173 Å². The van der Waals surface area contributed by atoms with Crippen molar-refractivity contribution in [2.75, 3.05) is 62.2 Å². The molecule has 0 aliphatic carbocycles. The Morgan fingerprint density at radius 3 is 1.97 bits per heavy atom. The van der Waals surface area contributed by atoms with E-state index in [0.717, 1.165) is 82.5 Å². The van der Waals surface area contributed by atoms with E-state index >= 15 is 0 Å². The van der Waals surface area contributed by atoms with Gasteiger partial charge in [0, 0.05) is 77.0 Å². The van der Waals surface area contributed by atoms with Gasteiger partial charge in [-0.05, 0) is 19.8 Å². The molecular weight excluding hydrogens is 368 g/mol. The second-order valence-corrected chi connectivity index (χ2v) is 7.83. The summed E-state index contributed by atoms with van der Waals surface area (Å²) < 4.78 is 0. The Kier molecular flexibility index (Phi) is 7.28. The SMILES string of the molecule is CCC(=O)N1CCCN(c2ncc(C)c(N3CCCN(C(=O)CC)CC3)n2)CC1. The van der Waals surface area contributed by atoms with Crippen molar-refractivity contribution in [2.24, 2.45) is 0 Å². The Balaban J connectivity index is 1.71. The lowest BCUT2D eigenvalue weighted by molar-refractivity contribution is -0.131. The van der Waals surface area contributed by atoms with E-state index in [9.17, 15) is 9.59 Å². The first-order valence-corrected chi connectivity index (χ1v) is 10.9. The van der Waals surface area contributed by atoms with Crippen LogP contribution in [0.2, 0.25) is 0 Å². The van der Waals surface area contributed by atoms with Gasteiger partial charge >= 0.3 is 0 Å². The number of anilines is 2. The topological polar surface area (TPSA) is 72.9 Å². The molecule has 1 aromatic heterocycles. The quantitative estimate of drug-likeness (QED) is 0.763. The molecule has 160 valence electrons. The van der Waals surface area contributed by atoms with Crippen molar-refractivity contribution in [3.05, 3.63) is 11.8 Å². The molecule has 0 unspecified atom stereocenters. The molecule has 0 saturated carbocycles. The molecule has 3 heterocycles. The number of carbonyl (C=O) groups is 2. The van der Waals surface area contributed by atoms with Crippen LogP contribution in [0.25, 0.3) is 0 Å². The molecule has 2 amide bonds. The molecule has 8 heteroatoms. The average Bonchev–Trinajstić information content (AvgIpc) is 3.14. The summed E-state index contributed by atoms with van der Waals surface area (Å²) >= 11 is 0. The van der Waals surface area contributed by atoms with Gasteiger partial charge in [0.15, 0.2) is 0 Å². The number of nitrogens with zero attached hydrogens (tertiary/aromatic N) is 6. The van der Waals surface area contributed by atoms with E-state index in [1.807, 2.05) is 36.8 Å². The van der Waals surface area contributed by atoms with Gasteiger partial charge in [-0.3, -0.25) is 9.59 Å². The van der Waals surface area contributed by atoms with Gasteiger partial charge in [0.05, 0.1) is 0 Å². The zero-order valence-electron chi connectivity index (χ0n) is 18.1. The van der Waals surface area contributed by atoms with Crippen molar-refractivity contribution >= 4 is 23.6 Å². The fourth-order valence-electron chi connectivity index (χ4n) is 4.09. The van der Waals surface area contributed by atoms with Crippen LogP contribution in [0.3, 0.4) is 0 Å². The normalized spacial score (nSPS) is 18.4. The Morgan fingerprint density at radius 2 is 1.38 bits per heavy atom. The summed E-state index contributed by atoms with van der Waals surface area (Å²) in [6.07, 6.45) is 4.89. The second kappa shape index (κ2) is 9.89. The summed E-state index contributed by atoms with van der Waals surface area (Å²) in [6, 6.07) is 0. The third-order valence-corrected chi connectivity index (χ3v) is 5.82. The maximum Gasteiger partial charge on any atom is 0.227 e. The molecule has 0 N–H and O–H groups in total. The number of hydrogen-bond acceptors (Lipinski definition) is 6. The minimum absolute atomic E-state index is 0.216. The first-order chi connectivity index (χ1) is 14.0. The monoisotopic (exact) mass is 402 g/mol. The molecule has 0 bridgehead atoms. The molecular formula is C21H34N6O2. The number of rotatable bonds is 4. The largest absolute Gasteiger partial charge is 0.354 e. The number of amides is 2. The van der Waals surface area contributed by atoms with Crippen LogP contribution < -0.4 is 9.80 Å². The summed E-state index contributed by atoms with van der Waals surface area (Å²) in [6.45, 7) is 12.2. The van der Waals surface area contributed by atoms with Crippen LogP contribution >= 0.6 is 0 Å². The first kappa shape index (κ1) is 21.3. The van der Waals surface area contributed by atoms with Crippen LogP contribution in [0.4, 0.5) is 11.8 Å². The van der Waals surface area contributed by atoms with Gasteiger partial charge in [0.1, 0.15) is 5.82 Å². The van der Waals surface area contributed by atoms with E-state index in [1.165, 1.54) is 0 Å². The molecule has 0 aromatic carbocycles. The third-order valence-electron chi connectivity index (χ3n) is 5.82. The molecule has 29 heavy (non-hydrogen) atoms. The summed E-state index contributed by atoms with van der Waals surface area (Å²) in [5.74, 6) is 2.14. The van der Waals surface area contributed by atoms with Gasteiger partial charge in [-0.15, -0.1) is 0 Å². The maximum absolute atomic E-state index is 12.1. The van der Waals surface area contributed by atoms with E-state index < -0.39 is 0 Å². The van der Waals surface area contributed by atoms with E-state index in [0.29, 0.717) is 12.8 Å². The van der Waals surface area contributed by atoms with Gasteiger partial charge in [0.2, 0.25) is 17.8 Å². The standard InChI is InChI=1S/C21H34N6O2/c1-4-18(28)24-8-6-10-26(14-12-24)20-17(3)16-22-21(23-20)27-11-7-9-25(13-15-27)19(29)5-2/h16H,4-15H2,1-3H3. The average molecular weight is 403 g/mol. The highest BCUT2D eigenvalue weighted by molar-refractivity contribution is 5.76. The van der Waals surface area contributed by atoms with E-state index in [4.69, 9.17) is 4.98 Å². The first-order valence-electron chi connectivity index (χ1n) is 10.9. The summed E-state index contributed by atoms with van der Waals surface area (Å²) in [5.41, 5.74) is 1.06. The Morgan fingerprint density at radius 1 is 0.828 bits per heavy atom. The maximum atomic E-state index is 12.1. The summed E-state index contributed by atoms with van der Waals surface area (Å²) in [7, 11) is 0. The molecule has 2 aliphatic heterocycles. The van der Waals surface area contributed by atoms with Crippen molar-refractivity contribution in [1.29, 1.82) is 0 Å². The van der Waals surface area contributed by atoms with Crippen molar-refractivity contribution in [3.8, 4) is 0 Å². The minimum Gasteiger partial charge on any atom is -0.354 e. The zero-order valence-corrected chi connectivity index (χ0v) is 18.1. The van der Waals surface area contributed by atoms with Crippen LogP contribution in [0.5, 0.6) is 0 Å². The second-order valence-electron chi connectivity index (χ2n) is 7.83. The lowest BCUT2D eigenvalue weighted by Crippen LogP contribution is -2.36. The van der Waals surface area contributed by atoms with Crippen LogP contribution in [-0.4, -0.2) is 83.9 Å². The van der Waals surface area contributed by atoms with Crippen LogP contribution in [0, 0.1) is 6.92 Å². The predicted octanol–water partition coefficient (Wildman–Crippen LogP) is 1.68. The fourth-order valence-corrected chi connectivity index (χ4v) is 4.09. The van der Waals surface area contributed by atoms with Crippen molar-refractivity contribution in [1.82, 2.24) is 19.8 Å². The summed E-state index contributed by atoms with van der Waals surface area (Å²) in [4.78, 5) is 42.0. The van der Waals surface area contributed by atoms with Gasteiger partial charge in [-0.2, -0.15) is 4.98 Å². The zero-order chi connectivity index (χ0) is 20.8.